The molecule has 5 saturated carbocycles. The minimum Gasteiger partial charge on any atom is -0.338 e. The van der Waals surface area contributed by atoms with E-state index in [2.05, 4.69) is 20.6 Å². The summed E-state index contributed by atoms with van der Waals surface area (Å²) in [4.78, 5) is 34.3. The Balaban J connectivity index is 1.04. The van der Waals surface area contributed by atoms with Crippen molar-refractivity contribution in [1.82, 2.24) is 9.97 Å². The third-order valence-corrected chi connectivity index (χ3v) is 9.98. The van der Waals surface area contributed by atoms with E-state index in [1.807, 2.05) is 54.7 Å². The van der Waals surface area contributed by atoms with Gasteiger partial charge in [0.2, 0.25) is 11.8 Å². The summed E-state index contributed by atoms with van der Waals surface area (Å²) >= 11 is 0. The van der Waals surface area contributed by atoms with Gasteiger partial charge in [0, 0.05) is 23.1 Å². The van der Waals surface area contributed by atoms with E-state index in [0.29, 0.717) is 11.8 Å². The molecule has 5 aliphatic carbocycles. The number of benzene rings is 2. The minimum absolute atomic E-state index is 0.137. The normalized spacial score (nSPS) is 27.8. The predicted molar refractivity (Wildman–Crippen MR) is 154 cm³/mol. The predicted octanol–water partition coefficient (Wildman–Crippen LogP) is 7.27. The molecule has 5 fully saturated rings. The highest BCUT2D eigenvalue weighted by Crippen LogP contribution is 2.56. The van der Waals surface area contributed by atoms with E-state index >= 15 is 0 Å². The number of nitrogens with zero attached hydrogens (tertiary/aromatic N) is 1. The largest absolute Gasteiger partial charge is 0.338 e. The number of para-hydroxylation sites is 1. The number of rotatable bonds is 6. The van der Waals surface area contributed by atoms with Gasteiger partial charge in [-0.3, -0.25) is 9.59 Å². The number of amides is 2. The summed E-state index contributed by atoms with van der Waals surface area (Å²) in [5.41, 5.74) is 4.44. The zero-order valence-corrected chi connectivity index (χ0v) is 22.5. The molecule has 202 valence electrons. The molecule has 5 aliphatic rings. The molecule has 1 aromatic heterocycles. The molecule has 0 spiro atoms. The third-order valence-electron chi connectivity index (χ3n) is 9.98. The van der Waals surface area contributed by atoms with Crippen molar-refractivity contribution in [1.29, 1.82) is 0 Å². The van der Waals surface area contributed by atoms with Crippen LogP contribution in [0.15, 0.2) is 54.7 Å². The van der Waals surface area contributed by atoms with Crippen LogP contribution in [-0.2, 0) is 9.59 Å². The van der Waals surface area contributed by atoms with E-state index in [4.69, 9.17) is 0 Å². The van der Waals surface area contributed by atoms with Crippen molar-refractivity contribution in [2.24, 2.45) is 35.5 Å². The van der Waals surface area contributed by atoms with Crippen LogP contribution < -0.4 is 10.6 Å². The van der Waals surface area contributed by atoms with Crippen LogP contribution in [0, 0.1) is 35.5 Å². The van der Waals surface area contributed by atoms with Gasteiger partial charge in [-0.05, 0) is 98.4 Å². The van der Waals surface area contributed by atoms with Gasteiger partial charge in [0.1, 0.15) is 5.82 Å². The Morgan fingerprint density at radius 1 is 0.769 bits per heavy atom. The summed E-state index contributed by atoms with van der Waals surface area (Å²) < 4.78 is 0. The van der Waals surface area contributed by atoms with Gasteiger partial charge in [0.25, 0.3) is 0 Å². The van der Waals surface area contributed by atoms with Crippen molar-refractivity contribution in [2.75, 3.05) is 10.6 Å². The molecule has 8 rings (SSSR count). The van der Waals surface area contributed by atoms with Crippen LogP contribution in [0.25, 0.3) is 22.6 Å². The lowest BCUT2D eigenvalue weighted by molar-refractivity contribution is -0.132. The lowest BCUT2D eigenvalue weighted by Crippen LogP contribution is -2.49. The second-order valence-electron chi connectivity index (χ2n) is 12.5. The van der Waals surface area contributed by atoms with E-state index in [9.17, 15) is 9.59 Å². The molecule has 2 amide bonds. The van der Waals surface area contributed by atoms with Crippen molar-refractivity contribution < 1.29 is 9.59 Å². The monoisotopic (exact) mass is 522 g/mol. The molecule has 0 saturated heterocycles. The van der Waals surface area contributed by atoms with Gasteiger partial charge in [-0.1, -0.05) is 43.5 Å². The number of carbonyl (C=O) groups excluding carboxylic acids is 2. The topological polar surface area (TPSA) is 86.9 Å². The Morgan fingerprint density at radius 2 is 1.46 bits per heavy atom. The van der Waals surface area contributed by atoms with Gasteiger partial charge >= 0.3 is 0 Å². The summed E-state index contributed by atoms with van der Waals surface area (Å²) in [6.45, 7) is 0. The highest BCUT2D eigenvalue weighted by molar-refractivity contribution is 5.97. The molecular weight excluding hydrogens is 484 g/mol. The summed E-state index contributed by atoms with van der Waals surface area (Å²) in [5.74, 6) is 4.17. The molecule has 6 heteroatoms. The Kier molecular flexibility index (Phi) is 6.49. The van der Waals surface area contributed by atoms with E-state index in [1.54, 1.807) is 0 Å². The zero-order valence-electron chi connectivity index (χ0n) is 22.5. The number of hydrogen-bond acceptors (Lipinski definition) is 3. The molecule has 3 N–H and O–H groups in total. The second-order valence-corrected chi connectivity index (χ2v) is 12.5. The number of nitrogens with one attached hydrogen (secondary N) is 3. The SMILES string of the molecule is O=C(Nc1ccc(-c2cnc(-c3ccccc3NC(=O)C3C4CC5CC(C4)CC3C5)[nH]2)cc1)C1CCCCC1. The smallest absolute Gasteiger partial charge is 0.228 e. The molecule has 39 heavy (non-hydrogen) atoms. The Bertz CT molecular complexity index is 1330. The fraction of sp³-hybridized carbons (Fsp3) is 0.485. The van der Waals surface area contributed by atoms with Gasteiger partial charge in [-0.15, -0.1) is 0 Å². The van der Waals surface area contributed by atoms with Gasteiger partial charge < -0.3 is 15.6 Å². The van der Waals surface area contributed by atoms with Crippen molar-refractivity contribution >= 4 is 23.2 Å². The van der Waals surface area contributed by atoms with Gasteiger partial charge in [-0.25, -0.2) is 4.98 Å². The number of carbonyl (C=O) groups is 2. The van der Waals surface area contributed by atoms with Gasteiger partial charge in [-0.2, -0.15) is 0 Å². The van der Waals surface area contributed by atoms with Crippen LogP contribution in [-0.4, -0.2) is 21.8 Å². The molecule has 0 radical (unpaired) electrons. The van der Waals surface area contributed by atoms with E-state index in [-0.39, 0.29) is 23.7 Å². The zero-order chi connectivity index (χ0) is 26.3. The van der Waals surface area contributed by atoms with Crippen LogP contribution in [0.4, 0.5) is 11.4 Å². The maximum Gasteiger partial charge on any atom is 0.228 e. The third kappa shape index (κ3) is 4.90. The van der Waals surface area contributed by atoms with Crippen molar-refractivity contribution in [3.63, 3.8) is 0 Å². The average Bonchev–Trinajstić information content (AvgIpc) is 3.44. The van der Waals surface area contributed by atoms with E-state index < -0.39 is 0 Å². The van der Waals surface area contributed by atoms with Crippen LogP contribution in [0.3, 0.4) is 0 Å². The first-order valence-electron chi connectivity index (χ1n) is 15.0. The van der Waals surface area contributed by atoms with E-state index in [0.717, 1.165) is 71.5 Å². The lowest BCUT2D eigenvalue weighted by atomic mass is 9.51. The number of hydrogen-bond donors (Lipinski definition) is 3. The number of anilines is 2. The molecule has 0 atom stereocenters. The standard InChI is InChI=1S/C33H38N4O2/c38-32(23-6-2-1-3-7-23)35-26-12-10-22(11-13-26)29-19-34-31(36-29)27-8-4-5-9-28(27)37-33(39)30-24-15-20-14-21(17-24)18-25(30)16-20/h4-5,8-13,19-21,23-25,30H,1-3,6-7,14-18H2,(H,34,36)(H,35,38)(H,37,39). The number of H-pyrrole nitrogens is 1. The van der Waals surface area contributed by atoms with Crippen molar-refractivity contribution in [3.8, 4) is 22.6 Å². The van der Waals surface area contributed by atoms with Crippen molar-refractivity contribution in [2.45, 2.75) is 64.2 Å². The number of imidazole rings is 1. The lowest BCUT2D eigenvalue weighted by Gasteiger charge is -2.53. The molecule has 4 bridgehead atoms. The minimum atomic E-state index is 0.137. The summed E-state index contributed by atoms with van der Waals surface area (Å²) in [5, 5.41) is 6.39. The van der Waals surface area contributed by atoms with E-state index in [1.165, 1.54) is 38.5 Å². The Hall–Kier alpha value is -3.41. The molecule has 3 aromatic rings. The van der Waals surface area contributed by atoms with Crippen LogP contribution in [0.1, 0.15) is 64.2 Å². The number of aromatic amines is 1. The summed E-state index contributed by atoms with van der Waals surface area (Å²) in [7, 11) is 0. The highest BCUT2D eigenvalue weighted by atomic mass is 16.2. The molecular formula is C33H38N4O2. The fourth-order valence-electron chi connectivity index (χ4n) is 8.31. The first kappa shape index (κ1) is 24.6. The molecule has 1 heterocycles. The fourth-order valence-corrected chi connectivity index (χ4v) is 8.31. The molecule has 0 unspecified atom stereocenters. The first-order chi connectivity index (χ1) is 19.1. The summed E-state index contributed by atoms with van der Waals surface area (Å²) in [6, 6.07) is 15.9. The maximum atomic E-state index is 13.6. The number of aromatic nitrogens is 2. The summed E-state index contributed by atoms with van der Waals surface area (Å²) in [6.07, 6.45) is 13.7. The molecule has 6 nitrogen and oxygen atoms in total. The highest BCUT2D eigenvalue weighted by Gasteiger charge is 2.50. The van der Waals surface area contributed by atoms with Crippen LogP contribution in [0.2, 0.25) is 0 Å². The quantitative estimate of drug-likeness (QED) is 0.318. The first-order valence-corrected chi connectivity index (χ1v) is 15.0. The van der Waals surface area contributed by atoms with Crippen LogP contribution in [0.5, 0.6) is 0 Å². The van der Waals surface area contributed by atoms with Gasteiger partial charge in [0.15, 0.2) is 0 Å². The second kappa shape index (κ2) is 10.3. The Morgan fingerprint density at radius 3 is 2.18 bits per heavy atom. The molecule has 2 aromatic carbocycles. The Labute approximate surface area is 230 Å². The average molecular weight is 523 g/mol. The molecule has 0 aliphatic heterocycles. The van der Waals surface area contributed by atoms with Crippen molar-refractivity contribution in [3.05, 3.63) is 54.7 Å². The van der Waals surface area contributed by atoms with Gasteiger partial charge in [0.05, 0.1) is 17.6 Å². The van der Waals surface area contributed by atoms with Crippen LogP contribution >= 0.6 is 0 Å². The maximum absolute atomic E-state index is 13.6.